The fourth-order valence-electron chi connectivity index (χ4n) is 2.52. The molecule has 1 fully saturated rings. The number of aromatic nitrogens is 2. The van der Waals surface area contributed by atoms with Crippen LogP contribution in [0.25, 0.3) is 0 Å². The molecule has 0 aromatic carbocycles. The molecular weight excluding hydrogens is 373 g/mol. The average Bonchev–Trinajstić information content (AvgIpc) is 2.98. The molecule has 1 aliphatic heterocycles. The summed E-state index contributed by atoms with van der Waals surface area (Å²) in [5.41, 5.74) is -0.251. The Morgan fingerprint density at radius 1 is 1.44 bits per heavy atom. The molecule has 0 spiro atoms. The zero-order valence-corrected chi connectivity index (χ0v) is 17.7. The van der Waals surface area contributed by atoms with Crippen molar-refractivity contribution in [1.82, 2.24) is 9.78 Å². The van der Waals surface area contributed by atoms with Crippen LogP contribution in [-0.2, 0) is 9.16 Å². The number of rotatable bonds is 8. The van der Waals surface area contributed by atoms with Crippen LogP contribution in [0, 0.1) is 10.1 Å². The molecule has 2 rings (SSSR count). The summed E-state index contributed by atoms with van der Waals surface area (Å²) in [5.74, 6) is -0.0778. The summed E-state index contributed by atoms with van der Waals surface area (Å²) in [7, 11) is -1.83. The molecule has 0 bridgehead atoms. The Morgan fingerprint density at radius 3 is 2.74 bits per heavy atom. The van der Waals surface area contributed by atoms with Crippen molar-refractivity contribution in [3.8, 4) is 5.88 Å². The third kappa shape index (κ3) is 5.49. The highest BCUT2D eigenvalue weighted by Gasteiger charge is 2.37. The van der Waals surface area contributed by atoms with Gasteiger partial charge in [-0.2, -0.15) is 0 Å². The van der Waals surface area contributed by atoms with Crippen molar-refractivity contribution in [3.05, 3.63) is 16.3 Å². The lowest BCUT2D eigenvalue weighted by Gasteiger charge is -2.36. The quantitative estimate of drug-likeness (QED) is 0.283. The van der Waals surface area contributed by atoms with Crippen LogP contribution in [0.3, 0.4) is 0 Å². The van der Waals surface area contributed by atoms with E-state index in [1.54, 1.807) is 0 Å². The zero-order chi connectivity index (χ0) is 20.2. The Kier molecular flexibility index (Phi) is 6.98. The summed E-state index contributed by atoms with van der Waals surface area (Å²) in [5, 5.41) is 15.5. The topological polar surface area (TPSA) is 88.7 Å². The van der Waals surface area contributed by atoms with Crippen molar-refractivity contribution >= 4 is 14.0 Å². The van der Waals surface area contributed by atoms with E-state index in [1.807, 2.05) is 0 Å². The van der Waals surface area contributed by atoms with Gasteiger partial charge < -0.3 is 13.9 Å². The summed E-state index contributed by atoms with van der Waals surface area (Å²) in [6.45, 7) is 12.0. The molecule has 1 aromatic rings. The second-order valence-electron chi connectivity index (χ2n) is 8.31. The number of hydrogen-bond acceptors (Lipinski definition) is 6. The first-order valence-electron chi connectivity index (χ1n) is 9.25. The van der Waals surface area contributed by atoms with E-state index in [2.05, 4.69) is 39.0 Å². The van der Waals surface area contributed by atoms with E-state index in [1.165, 1.54) is 10.9 Å². The van der Waals surface area contributed by atoms with Crippen molar-refractivity contribution in [2.75, 3.05) is 26.4 Å². The lowest BCUT2D eigenvalue weighted by atomic mass is 10.1. The van der Waals surface area contributed by atoms with Gasteiger partial charge in [-0.1, -0.05) is 20.8 Å². The first kappa shape index (κ1) is 21.8. The summed E-state index contributed by atoms with van der Waals surface area (Å²) < 4.78 is 32.0. The SMILES string of the molecule is CC(C)(C)[Si](C)(C)OCCCOc1nn([C@@H]2CCOC[C@H]2F)cc1[N+](=O)[O-]. The third-order valence-corrected chi connectivity index (χ3v) is 9.80. The molecule has 0 amide bonds. The van der Waals surface area contributed by atoms with Gasteiger partial charge in [-0.3, -0.25) is 14.8 Å². The molecule has 8 nitrogen and oxygen atoms in total. The maximum atomic E-state index is 14.0. The molecule has 2 atom stereocenters. The Morgan fingerprint density at radius 2 is 2.15 bits per heavy atom. The maximum absolute atomic E-state index is 14.0. The molecule has 0 aliphatic carbocycles. The minimum absolute atomic E-state index is 0.0285. The monoisotopic (exact) mass is 403 g/mol. The van der Waals surface area contributed by atoms with Crippen molar-refractivity contribution < 1.29 is 23.2 Å². The molecule has 2 heterocycles. The van der Waals surface area contributed by atoms with E-state index >= 15 is 0 Å². The smallest absolute Gasteiger partial charge is 0.350 e. The molecule has 0 unspecified atom stereocenters. The Hall–Kier alpha value is -1.52. The maximum Gasteiger partial charge on any atom is 0.350 e. The fraction of sp³-hybridized carbons (Fsp3) is 0.824. The second-order valence-corrected chi connectivity index (χ2v) is 13.1. The summed E-state index contributed by atoms with van der Waals surface area (Å²) in [4.78, 5) is 10.7. The van der Waals surface area contributed by atoms with E-state index in [9.17, 15) is 14.5 Å². The van der Waals surface area contributed by atoms with Gasteiger partial charge in [0.15, 0.2) is 8.32 Å². The van der Waals surface area contributed by atoms with E-state index in [4.69, 9.17) is 13.9 Å². The van der Waals surface area contributed by atoms with Crippen LogP contribution in [-0.4, -0.2) is 55.6 Å². The number of nitrogens with zero attached hydrogens (tertiary/aromatic N) is 3. The summed E-state index contributed by atoms with van der Waals surface area (Å²) >= 11 is 0. The molecule has 10 heteroatoms. The number of alkyl halides is 1. The second kappa shape index (κ2) is 8.66. The Bertz CT molecular complexity index is 647. The van der Waals surface area contributed by atoms with Crippen LogP contribution in [0.1, 0.15) is 39.7 Å². The lowest BCUT2D eigenvalue weighted by molar-refractivity contribution is -0.386. The summed E-state index contributed by atoms with van der Waals surface area (Å²) in [6, 6.07) is -0.572. The van der Waals surface area contributed by atoms with Crippen molar-refractivity contribution in [1.29, 1.82) is 0 Å². The molecule has 154 valence electrons. The van der Waals surface area contributed by atoms with Gasteiger partial charge in [-0.05, 0) is 24.6 Å². The van der Waals surface area contributed by atoms with Gasteiger partial charge in [0.05, 0.1) is 24.2 Å². The van der Waals surface area contributed by atoms with Crippen LogP contribution >= 0.6 is 0 Å². The van der Waals surface area contributed by atoms with E-state index in [-0.39, 0.29) is 29.8 Å². The zero-order valence-electron chi connectivity index (χ0n) is 16.7. The molecule has 0 N–H and O–H groups in total. The van der Waals surface area contributed by atoms with Crippen LogP contribution < -0.4 is 4.74 Å². The van der Waals surface area contributed by atoms with E-state index in [0.29, 0.717) is 26.1 Å². The minimum atomic E-state index is -1.83. The molecule has 0 saturated carbocycles. The first-order chi connectivity index (χ1) is 12.5. The molecule has 1 saturated heterocycles. The first-order valence-corrected chi connectivity index (χ1v) is 12.2. The predicted molar refractivity (Wildman–Crippen MR) is 102 cm³/mol. The molecule has 0 radical (unpaired) electrons. The van der Waals surface area contributed by atoms with Gasteiger partial charge in [0.25, 0.3) is 0 Å². The van der Waals surface area contributed by atoms with Crippen molar-refractivity contribution in [2.45, 2.75) is 64.0 Å². The van der Waals surface area contributed by atoms with E-state index in [0.717, 1.165) is 0 Å². The van der Waals surface area contributed by atoms with E-state index < -0.39 is 25.5 Å². The van der Waals surface area contributed by atoms with Gasteiger partial charge in [-0.15, -0.1) is 5.10 Å². The predicted octanol–water partition coefficient (Wildman–Crippen LogP) is 3.88. The normalized spacial score (nSPS) is 21.3. The van der Waals surface area contributed by atoms with Gasteiger partial charge in [-0.25, -0.2) is 4.39 Å². The van der Waals surface area contributed by atoms with Crippen molar-refractivity contribution in [2.24, 2.45) is 0 Å². The largest absolute Gasteiger partial charge is 0.472 e. The van der Waals surface area contributed by atoms with Crippen LogP contribution in [0.5, 0.6) is 5.88 Å². The fourth-order valence-corrected chi connectivity index (χ4v) is 3.61. The lowest BCUT2D eigenvalue weighted by Crippen LogP contribution is -2.41. The standard InChI is InChI=1S/C17H30FN3O5Si/c1-17(2,3)27(4,5)26-9-6-8-25-16-15(21(22)23)11-20(19-16)14-7-10-24-12-13(14)18/h11,13-14H,6-10,12H2,1-5H3/t13-,14-/m1/s1. The van der Waals surface area contributed by atoms with Crippen molar-refractivity contribution in [3.63, 3.8) is 0 Å². The number of halogens is 1. The van der Waals surface area contributed by atoms with Crippen LogP contribution in [0.4, 0.5) is 10.1 Å². The number of nitro groups is 1. The van der Waals surface area contributed by atoms with Crippen LogP contribution in [0.2, 0.25) is 18.1 Å². The van der Waals surface area contributed by atoms with Gasteiger partial charge in [0.1, 0.15) is 12.4 Å². The highest BCUT2D eigenvalue weighted by molar-refractivity contribution is 6.74. The number of ether oxygens (including phenoxy) is 2. The van der Waals surface area contributed by atoms with Gasteiger partial charge in [0, 0.05) is 19.6 Å². The Labute approximate surface area is 160 Å². The average molecular weight is 404 g/mol. The van der Waals surface area contributed by atoms with Gasteiger partial charge >= 0.3 is 11.6 Å². The van der Waals surface area contributed by atoms with Crippen LogP contribution in [0.15, 0.2) is 6.20 Å². The molecule has 27 heavy (non-hydrogen) atoms. The summed E-state index contributed by atoms with van der Waals surface area (Å²) in [6.07, 6.45) is 1.01. The number of hydrogen-bond donors (Lipinski definition) is 0. The third-order valence-electron chi connectivity index (χ3n) is 5.27. The molecule has 1 aliphatic rings. The minimum Gasteiger partial charge on any atom is -0.472 e. The highest BCUT2D eigenvalue weighted by Crippen LogP contribution is 2.36. The molecular formula is C17H30FN3O5Si. The Balaban J connectivity index is 1.93. The molecule has 1 aromatic heterocycles. The highest BCUT2D eigenvalue weighted by atomic mass is 28.4. The van der Waals surface area contributed by atoms with Gasteiger partial charge in [0.2, 0.25) is 0 Å².